The zero-order valence-electron chi connectivity index (χ0n) is 8.62. The van der Waals surface area contributed by atoms with Crippen molar-refractivity contribution < 1.29 is 9.50 Å². The lowest BCUT2D eigenvalue weighted by molar-refractivity contribution is 0.206. The molecule has 2 rings (SSSR count). The zero-order chi connectivity index (χ0) is 10.7. The molecule has 0 heterocycles. The van der Waals surface area contributed by atoms with E-state index in [9.17, 15) is 9.50 Å². The van der Waals surface area contributed by atoms with Gasteiger partial charge in [-0.05, 0) is 18.9 Å². The molecule has 1 aromatic carbocycles. The van der Waals surface area contributed by atoms with Crippen LogP contribution in [0.15, 0.2) is 24.3 Å². The second kappa shape index (κ2) is 4.73. The van der Waals surface area contributed by atoms with Crippen LogP contribution in [-0.2, 0) is 0 Å². The highest BCUT2D eigenvalue weighted by Crippen LogP contribution is 2.23. The van der Waals surface area contributed by atoms with E-state index in [1.165, 1.54) is 12.5 Å². The molecule has 0 saturated heterocycles. The lowest BCUT2D eigenvalue weighted by Crippen LogP contribution is -2.39. The maximum absolute atomic E-state index is 13.4. The number of aliphatic hydroxyl groups is 1. The second-order valence-corrected chi connectivity index (χ2v) is 4.05. The molecular weight excluding hydrogens is 193 g/mol. The first-order valence-electron chi connectivity index (χ1n) is 5.42. The third-order valence-electron chi connectivity index (χ3n) is 3.01. The molecule has 0 bridgehead atoms. The molecule has 1 aliphatic carbocycles. The highest BCUT2D eigenvalue weighted by Gasteiger charge is 2.22. The molecule has 3 heteroatoms. The van der Waals surface area contributed by atoms with Gasteiger partial charge in [0.2, 0.25) is 0 Å². The topological polar surface area (TPSA) is 32.3 Å². The van der Waals surface area contributed by atoms with Crippen molar-refractivity contribution in [2.45, 2.75) is 31.3 Å². The molecule has 0 spiro atoms. The van der Waals surface area contributed by atoms with Gasteiger partial charge in [0.05, 0.1) is 12.6 Å². The molecule has 2 nitrogen and oxygen atoms in total. The number of halogens is 1. The van der Waals surface area contributed by atoms with Crippen LogP contribution in [0, 0.1) is 5.82 Å². The Morgan fingerprint density at radius 2 is 2.13 bits per heavy atom. The van der Waals surface area contributed by atoms with Gasteiger partial charge in [-0.1, -0.05) is 24.6 Å². The molecule has 15 heavy (non-hydrogen) atoms. The van der Waals surface area contributed by atoms with Crippen molar-refractivity contribution in [2.75, 3.05) is 6.61 Å². The number of aliphatic hydroxyl groups excluding tert-OH is 1. The summed E-state index contributed by atoms with van der Waals surface area (Å²) >= 11 is 0. The van der Waals surface area contributed by atoms with E-state index < -0.39 is 0 Å². The highest BCUT2D eigenvalue weighted by atomic mass is 19.1. The van der Waals surface area contributed by atoms with Gasteiger partial charge in [-0.3, -0.25) is 0 Å². The van der Waals surface area contributed by atoms with Crippen molar-refractivity contribution in [1.82, 2.24) is 5.32 Å². The molecule has 2 N–H and O–H groups in total. The summed E-state index contributed by atoms with van der Waals surface area (Å²) in [5, 5.41) is 12.5. The Morgan fingerprint density at radius 1 is 1.40 bits per heavy atom. The van der Waals surface area contributed by atoms with Gasteiger partial charge in [0.1, 0.15) is 5.82 Å². The fraction of sp³-hybridized carbons (Fsp3) is 0.500. The standard InChI is InChI=1S/C12H16FNO/c13-11-7-2-1-6-10(11)12(8-15)14-9-4-3-5-9/h1-2,6-7,9,12,14-15H,3-5,8H2. The Morgan fingerprint density at radius 3 is 2.67 bits per heavy atom. The van der Waals surface area contributed by atoms with Crippen molar-refractivity contribution >= 4 is 0 Å². The molecule has 1 fully saturated rings. The van der Waals surface area contributed by atoms with Crippen molar-refractivity contribution in [2.24, 2.45) is 0 Å². The van der Waals surface area contributed by atoms with Crippen molar-refractivity contribution in [1.29, 1.82) is 0 Å². The Balaban J connectivity index is 2.07. The normalized spacial score (nSPS) is 18.5. The quantitative estimate of drug-likeness (QED) is 0.795. The largest absolute Gasteiger partial charge is 0.394 e. The predicted octanol–water partition coefficient (Wildman–Crippen LogP) is 2.00. The monoisotopic (exact) mass is 209 g/mol. The van der Waals surface area contributed by atoms with Gasteiger partial charge < -0.3 is 10.4 Å². The summed E-state index contributed by atoms with van der Waals surface area (Å²) in [6.45, 7) is -0.0581. The van der Waals surface area contributed by atoms with Crippen LogP contribution in [0.1, 0.15) is 30.9 Å². The van der Waals surface area contributed by atoms with E-state index in [1.807, 2.05) is 0 Å². The minimum Gasteiger partial charge on any atom is -0.394 e. The Hall–Kier alpha value is -0.930. The van der Waals surface area contributed by atoms with E-state index in [-0.39, 0.29) is 18.5 Å². The number of hydrogen-bond donors (Lipinski definition) is 2. The van der Waals surface area contributed by atoms with Crippen LogP contribution < -0.4 is 5.32 Å². The second-order valence-electron chi connectivity index (χ2n) is 4.05. The van der Waals surface area contributed by atoms with E-state index >= 15 is 0 Å². The van der Waals surface area contributed by atoms with Crippen LogP contribution in [0.2, 0.25) is 0 Å². The van der Waals surface area contributed by atoms with Crippen LogP contribution in [-0.4, -0.2) is 17.8 Å². The van der Waals surface area contributed by atoms with E-state index in [0.717, 1.165) is 12.8 Å². The number of benzene rings is 1. The molecule has 82 valence electrons. The van der Waals surface area contributed by atoms with E-state index in [0.29, 0.717) is 11.6 Å². The summed E-state index contributed by atoms with van der Waals surface area (Å²) in [6, 6.07) is 6.79. The lowest BCUT2D eigenvalue weighted by Gasteiger charge is -2.31. The van der Waals surface area contributed by atoms with Crippen LogP contribution in [0.4, 0.5) is 4.39 Å². The van der Waals surface area contributed by atoms with Gasteiger partial charge in [0.25, 0.3) is 0 Å². The molecular formula is C12H16FNO. The van der Waals surface area contributed by atoms with Gasteiger partial charge in [-0.15, -0.1) is 0 Å². The Bertz CT molecular complexity index is 325. The summed E-state index contributed by atoms with van der Waals surface area (Å²) in [6.07, 6.45) is 3.49. The minimum absolute atomic E-state index is 0.0581. The smallest absolute Gasteiger partial charge is 0.128 e. The molecule has 0 radical (unpaired) electrons. The average Bonchev–Trinajstić information content (AvgIpc) is 2.19. The average molecular weight is 209 g/mol. The molecule has 1 atom stereocenters. The first kappa shape index (κ1) is 10.6. The van der Waals surface area contributed by atoms with Crippen molar-refractivity contribution in [3.05, 3.63) is 35.6 Å². The van der Waals surface area contributed by atoms with Gasteiger partial charge in [0, 0.05) is 11.6 Å². The van der Waals surface area contributed by atoms with Gasteiger partial charge in [0.15, 0.2) is 0 Å². The summed E-state index contributed by atoms with van der Waals surface area (Å²) in [4.78, 5) is 0. The number of nitrogens with one attached hydrogen (secondary N) is 1. The maximum atomic E-state index is 13.4. The molecule has 0 amide bonds. The zero-order valence-corrected chi connectivity index (χ0v) is 8.62. The van der Waals surface area contributed by atoms with E-state index in [4.69, 9.17) is 0 Å². The van der Waals surface area contributed by atoms with Crippen LogP contribution in [0.25, 0.3) is 0 Å². The fourth-order valence-electron chi connectivity index (χ4n) is 1.86. The van der Waals surface area contributed by atoms with Crippen LogP contribution in [0.5, 0.6) is 0 Å². The Labute approximate surface area is 89.1 Å². The molecule has 1 saturated carbocycles. The Kier molecular flexibility index (Phi) is 3.34. The highest BCUT2D eigenvalue weighted by molar-refractivity contribution is 5.21. The summed E-state index contributed by atoms with van der Waals surface area (Å²) < 4.78 is 13.4. The molecule has 0 aromatic heterocycles. The number of hydrogen-bond acceptors (Lipinski definition) is 2. The molecule has 1 aromatic rings. The van der Waals surface area contributed by atoms with E-state index in [2.05, 4.69) is 5.32 Å². The van der Waals surface area contributed by atoms with Gasteiger partial charge >= 0.3 is 0 Å². The third-order valence-corrected chi connectivity index (χ3v) is 3.01. The maximum Gasteiger partial charge on any atom is 0.128 e. The SMILES string of the molecule is OCC(NC1CCC1)c1ccccc1F. The summed E-state index contributed by atoms with van der Waals surface area (Å²) in [5.41, 5.74) is 0.562. The van der Waals surface area contributed by atoms with Crippen molar-refractivity contribution in [3.8, 4) is 0 Å². The van der Waals surface area contributed by atoms with Crippen LogP contribution in [0.3, 0.4) is 0 Å². The minimum atomic E-state index is -0.267. The summed E-state index contributed by atoms with van der Waals surface area (Å²) in [5.74, 6) is -0.247. The molecule has 0 aliphatic heterocycles. The summed E-state index contributed by atoms with van der Waals surface area (Å²) in [7, 11) is 0. The fourth-order valence-corrected chi connectivity index (χ4v) is 1.86. The van der Waals surface area contributed by atoms with Gasteiger partial charge in [-0.25, -0.2) is 4.39 Å². The third kappa shape index (κ3) is 2.36. The number of rotatable bonds is 4. The molecule has 1 unspecified atom stereocenters. The van der Waals surface area contributed by atoms with Crippen LogP contribution >= 0.6 is 0 Å². The first-order chi connectivity index (χ1) is 7.31. The first-order valence-corrected chi connectivity index (χ1v) is 5.42. The molecule has 1 aliphatic rings. The van der Waals surface area contributed by atoms with Crippen molar-refractivity contribution in [3.63, 3.8) is 0 Å². The predicted molar refractivity (Wildman–Crippen MR) is 57.0 cm³/mol. The van der Waals surface area contributed by atoms with E-state index in [1.54, 1.807) is 18.2 Å². The lowest BCUT2D eigenvalue weighted by atomic mass is 9.91. The van der Waals surface area contributed by atoms with Gasteiger partial charge in [-0.2, -0.15) is 0 Å².